The van der Waals surface area contributed by atoms with Crippen molar-refractivity contribution in [2.24, 2.45) is 7.05 Å². The van der Waals surface area contributed by atoms with Crippen LogP contribution in [0.1, 0.15) is 23.2 Å². The molecule has 0 radical (unpaired) electrons. The van der Waals surface area contributed by atoms with Crippen LogP contribution in [0.25, 0.3) is 11.0 Å². The van der Waals surface area contributed by atoms with Crippen LogP contribution in [0.5, 0.6) is 0 Å². The summed E-state index contributed by atoms with van der Waals surface area (Å²) in [6.45, 7) is 0.978. The van der Waals surface area contributed by atoms with E-state index < -0.39 is 11.6 Å². The van der Waals surface area contributed by atoms with Gasteiger partial charge in [0, 0.05) is 24.3 Å². The van der Waals surface area contributed by atoms with Crippen LogP contribution in [0.4, 0.5) is 20.2 Å². The highest BCUT2D eigenvalue weighted by atomic mass is 127. The van der Waals surface area contributed by atoms with E-state index >= 15 is 4.39 Å². The molecular formula is C21H21F2IN4O2. The lowest BCUT2D eigenvalue weighted by atomic mass is 10.1. The molecule has 0 unspecified atom stereocenters. The first-order chi connectivity index (χ1) is 14.4. The number of aryl methyl sites for hydroxylation is 1. The highest BCUT2D eigenvalue weighted by Crippen LogP contribution is 2.34. The number of rotatable bonds is 5. The number of aromatic nitrogens is 2. The Kier molecular flexibility index (Phi) is 5.92. The molecule has 4 rings (SSSR count). The number of benzene rings is 2. The number of ether oxygens (including phenoxy) is 1. The van der Waals surface area contributed by atoms with Crippen molar-refractivity contribution in [2.45, 2.75) is 18.9 Å². The number of nitrogens with zero attached hydrogens (tertiary/aromatic N) is 3. The summed E-state index contributed by atoms with van der Waals surface area (Å²) in [4.78, 5) is 19.3. The summed E-state index contributed by atoms with van der Waals surface area (Å²) < 4.78 is 37.6. The largest absolute Gasteiger partial charge is 0.383 e. The van der Waals surface area contributed by atoms with Gasteiger partial charge in [-0.2, -0.15) is 0 Å². The van der Waals surface area contributed by atoms with Crippen LogP contribution in [0.3, 0.4) is 0 Å². The van der Waals surface area contributed by atoms with E-state index in [1.165, 1.54) is 18.5 Å². The highest BCUT2D eigenvalue weighted by molar-refractivity contribution is 14.1. The molecule has 6 nitrogen and oxygen atoms in total. The quantitative estimate of drug-likeness (QED) is 0.500. The monoisotopic (exact) mass is 526 g/mol. The maximum Gasteiger partial charge on any atom is 0.256 e. The van der Waals surface area contributed by atoms with Gasteiger partial charge in [0.05, 0.1) is 41.4 Å². The second kappa shape index (κ2) is 8.46. The van der Waals surface area contributed by atoms with E-state index in [0.717, 1.165) is 12.8 Å². The van der Waals surface area contributed by atoms with Crippen LogP contribution < -0.4 is 5.32 Å². The molecule has 0 spiro atoms. The van der Waals surface area contributed by atoms with E-state index in [2.05, 4.69) is 10.3 Å². The highest BCUT2D eigenvalue weighted by Gasteiger charge is 2.32. The first kappa shape index (κ1) is 21.0. The first-order valence-electron chi connectivity index (χ1n) is 9.56. The van der Waals surface area contributed by atoms with E-state index in [1.807, 2.05) is 22.6 Å². The molecule has 1 N–H and O–H groups in total. The van der Waals surface area contributed by atoms with Gasteiger partial charge in [-0.05, 0) is 59.7 Å². The van der Waals surface area contributed by atoms with Crippen LogP contribution in [0, 0.1) is 15.2 Å². The molecule has 0 saturated carbocycles. The SMILES string of the molecule is COC[C@H]1CCCN1C(=O)c1cc2c(ncn2C)c(F)c1Nc1ccc(I)cc1F. The van der Waals surface area contributed by atoms with Crippen LogP contribution in [0.2, 0.25) is 0 Å². The predicted octanol–water partition coefficient (Wildman–Crippen LogP) is 4.45. The van der Waals surface area contributed by atoms with E-state index in [9.17, 15) is 9.18 Å². The molecule has 1 aliphatic rings. The fourth-order valence-corrected chi connectivity index (χ4v) is 4.32. The number of halogens is 3. The van der Waals surface area contributed by atoms with Gasteiger partial charge in [0.25, 0.3) is 5.91 Å². The zero-order valence-electron chi connectivity index (χ0n) is 16.6. The molecule has 1 amide bonds. The molecule has 1 fully saturated rings. The van der Waals surface area contributed by atoms with Crippen LogP contribution in [-0.4, -0.2) is 46.7 Å². The van der Waals surface area contributed by atoms with Crippen LogP contribution in [0.15, 0.2) is 30.6 Å². The number of hydrogen-bond acceptors (Lipinski definition) is 4. The Hall–Kier alpha value is -2.27. The second-order valence-electron chi connectivity index (χ2n) is 7.34. The van der Waals surface area contributed by atoms with Gasteiger partial charge in [-0.25, -0.2) is 13.8 Å². The van der Waals surface area contributed by atoms with Gasteiger partial charge in [0.15, 0.2) is 5.82 Å². The fraction of sp³-hybridized carbons (Fsp3) is 0.333. The molecule has 30 heavy (non-hydrogen) atoms. The van der Waals surface area contributed by atoms with Gasteiger partial charge in [0.2, 0.25) is 0 Å². The number of imidazole rings is 1. The summed E-state index contributed by atoms with van der Waals surface area (Å²) in [6.07, 6.45) is 3.16. The van der Waals surface area contributed by atoms with E-state index in [1.54, 1.807) is 35.8 Å². The van der Waals surface area contributed by atoms with Crippen LogP contribution in [-0.2, 0) is 11.8 Å². The van der Waals surface area contributed by atoms with Crippen molar-refractivity contribution in [3.8, 4) is 0 Å². The summed E-state index contributed by atoms with van der Waals surface area (Å²) in [5.74, 6) is -1.53. The number of carbonyl (C=O) groups excluding carboxylic acids is 1. The lowest BCUT2D eigenvalue weighted by molar-refractivity contribution is 0.0631. The molecule has 9 heteroatoms. The van der Waals surface area contributed by atoms with Crippen molar-refractivity contribution in [3.05, 3.63) is 51.4 Å². The van der Waals surface area contributed by atoms with Crippen LogP contribution >= 0.6 is 22.6 Å². The van der Waals surface area contributed by atoms with E-state index in [4.69, 9.17) is 4.74 Å². The molecule has 1 saturated heterocycles. The Balaban J connectivity index is 1.83. The van der Waals surface area contributed by atoms with E-state index in [-0.39, 0.29) is 34.4 Å². The minimum Gasteiger partial charge on any atom is -0.383 e. The Morgan fingerprint density at radius 1 is 1.37 bits per heavy atom. The molecule has 1 aliphatic heterocycles. The maximum atomic E-state index is 15.5. The molecule has 0 aliphatic carbocycles. The van der Waals surface area contributed by atoms with Gasteiger partial charge < -0.3 is 19.5 Å². The lowest BCUT2D eigenvalue weighted by Crippen LogP contribution is -2.38. The molecule has 0 bridgehead atoms. The molecule has 2 aromatic carbocycles. The Labute approximate surface area is 186 Å². The van der Waals surface area contributed by atoms with Gasteiger partial charge in [-0.3, -0.25) is 4.79 Å². The second-order valence-corrected chi connectivity index (χ2v) is 8.58. The zero-order valence-corrected chi connectivity index (χ0v) is 18.7. The van der Waals surface area contributed by atoms with Gasteiger partial charge in [-0.1, -0.05) is 0 Å². The predicted molar refractivity (Wildman–Crippen MR) is 119 cm³/mol. The summed E-state index contributed by atoms with van der Waals surface area (Å²) in [5.41, 5.74) is 0.775. The number of methoxy groups -OCH3 is 1. The van der Waals surface area contributed by atoms with E-state index in [0.29, 0.717) is 22.2 Å². The third kappa shape index (κ3) is 3.76. The third-order valence-corrected chi connectivity index (χ3v) is 6.05. The maximum absolute atomic E-state index is 15.5. The molecular weight excluding hydrogens is 505 g/mol. The third-order valence-electron chi connectivity index (χ3n) is 5.38. The van der Waals surface area contributed by atoms with Gasteiger partial charge in [0.1, 0.15) is 11.3 Å². The number of amides is 1. The normalized spacial score (nSPS) is 16.4. The molecule has 1 aromatic heterocycles. The summed E-state index contributed by atoms with van der Waals surface area (Å²) >= 11 is 2.00. The van der Waals surface area contributed by atoms with Crippen molar-refractivity contribution in [2.75, 3.05) is 25.6 Å². The van der Waals surface area contributed by atoms with Gasteiger partial charge >= 0.3 is 0 Å². The zero-order chi connectivity index (χ0) is 21.4. The van der Waals surface area contributed by atoms with Crippen molar-refractivity contribution >= 4 is 50.9 Å². The van der Waals surface area contributed by atoms with Crippen molar-refractivity contribution in [1.29, 1.82) is 0 Å². The summed E-state index contributed by atoms with van der Waals surface area (Å²) in [7, 11) is 3.33. The average molecular weight is 526 g/mol. The fourth-order valence-electron chi connectivity index (χ4n) is 3.86. The molecule has 158 valence electrons. The number of carbonyl (C=O) groups is 1. The van der Waals surface area contributed by atoms with Gasteiger partial charge in [-0.15, -0.1) is 0 Å². The number of likely N-dealkylation sites (tertiary alicyclic amines) is 1. The number of nitrogens with one attached hydrogen (secondary N) is 1. The number of hydrogen-bond donors (Lipinski definition) is 1. The molecule has 3 aromatic rings. The minimum absolute atomic E-state index is 0.0734. The first-order valence-corrected chi connectivity index (χ1v) is 10.6. The Morgan fingerprint density at radius 3 is 2.90 bits per heavy atom. The number of anilines is 2. The molecule has 1 atom stereocenters. The summed E-state index contributed by atoms with van der Waals surface area (Å²) in [5, 5.41) is 2.81. The van der Waals surface area contributed by atoms with Crippen molar-refractivity contribution < 1.29 is 18.3 Å². The average Bonchev–Trinajstić information content (AvgIpc) is 3.32. The minimum atomic E-state index is -0.683. The molecule has 2 heterocycles. The lowest BCUT2D eigenvalue weighted by Gasteiger charge is -2.25. The standard InChI is InChI=1S/C21H21F2IN4O2/c1-27-11-25-20-17(27)9-14(21(29)28-7-3-4-13(28)10-30-2)19(18(20)23)26-16-6-5-12(24)8-15(16)22/h5-6,8-9,11,13,26H,3-4,7,10H2,1-2H3/t13-/m1/s1. The topological polar surface area (TPSA) is 59.4 Å². The Bertz CT molecular complexity index is 1120. The number of fused-ring (bicyclic) bond motifs is 1. The van der Waals surface area contributed by atoms with Crippen molar-refractivity contribution in [3.63, 3.8) is 0 Å². The Morgan fingerprint density at radius 2 is 2.17 bits per heavy atom. The van der Waals surface area contributed by atoms with Crippen molar-refractivity contribution in [1.82, 2.24) is 14.5 Å². The smallest absolute Gasteiger partial charge is 0.256 e. The summed E-state index contributed by atoms with van der Waals surface area (Å²) in [6, 6.07) is 6.12.